The number of nitrogens with zero attached hydrogens (tertiary/aromatic N) is 3. The van der Waals surface area contributed by atoms with E-state index in [0.717, 1.165) is 23.8 Å². The molecule has 27 heavy (non-hydrogen) atoms. The van der Waals surface area contributed by atoms with E-state index in [1.807, 2.05) is 56.3 Å². The summed E-state index contributed by atoms with van der Waals surface area (Å²) in [4.78, 5) is 32.5. The van der Waals surface area contributed by atoms with Crippen molar-refractivity contribution in [2.45, 2.75) is 33.2 Å². The summed E-state index contributed by atoms with van der Waals surface area (Å²) in [5.74, 6) is -0.198. The van der Waals surface area contributed by atoms with Crippen molar-refractivity contribution in [3.8, 4) is 0 Å². The Bertz CT molecular complexity index is 974. The molecule has 5 nitrogen and oxygen atoms in total. The number of carbonyl (C=O) groups excluding carboxylic acids is 1. The number of amides is 1. The summed E-state index contributed by atoms with van der Waals surface area (Å²) in [5, 5.41) is 0.796. The van der Waals surface area contributed by atoms with E-state index in [4.69, 9.17) is 0 Å². The van der Waals surface area contributed by atoms with Crippen LogP contribution in [0.25, 0.3) is 11.0 Å². The van der Waals surface area contributed by atoms with Crippen LogP contribution in [0, 0.1) is 0 Å². The van der Waals surface area contributed by atoms with Crippen LogP contribution >= 0.6 is 0 Å². The second-order valence-corrected chi connectivity index (χ2v) is 6.64. The van der Waals surface area contributed by atoms with Gasteiger partial charge in [0.2, 0.25) is 0 Å². The molecule has 0 spiro atoms. The van der Waals surface area contributed by atoms with Gasteiger partial charge in [-0.05, 0) is 36.6 Å². The van der Waals surface area contributed by atoms with Gasteiger partial charge in [0.15, 0.2) is 0 Å². The summed E-state index contributed by atoms with van der Waals surface area (Å²) < 4.78 is 1.61. The minimum absolute atomic E-state index is 0.198. The van der Waals surface area contributed by atoms with Gasteiger partial charge in [0.1, 0.15) is 11.2 Å². The SMILES string of the molecule is CCCN(CCC)C(=O)c1cc2cccnc2n(Cc2ccccc2)c1=O. The second kappa shape index (κ2) is 8.62. The van der Waals surface area contributed by atoms with Crippen LogP contribution in [0.3, 0.4) is 0 Å². The monoisotopic (exact) mass is 363 g/mol. The summed E-state index contributed by atoms with van der Waals surface area (Å²) >= 11 is 0. The quantitative estimate of drug-likeness (QED) is 0.643. The average Bonchev–Trinajstić information content (AvgIpc) is 2.70. The highest BCUT2D eigenvalue weighted by atomic mass is 16.2. The molecule has 0 saturated heterocycles. The third-order valence-electron chi connectivity index (χ3n) is 4.54. The van der Waals surface area contributed by atoms with Crippen LogP contribution in [-0.4, -0.2) is 33.4 Å². The third-order valence-corrected chi connectivity index (χ3v) is 4.54. The van der Waals surface area contributed by atoms with Crippen LogP contribution in [0.5, 0.6) is 0 Å². The number of benzene rings is 1. The molecular formula is C22H25N3O2. The highest BCUT2D eigenvalue weighted by Crippen LogP contribution is 2.14. The molecule has 0 atom stereocenters. The number of pyridine rings is 2. The molecule has 2 aromatic heterocycles. The maximum atomic E-state index is 13.2. The topological polar surface area (TPSA) is 55.2 Å². The number of hydrogen-bond acceptors (Lipinski definition) is 3. The molecule has 0 unspecified atom stereocenters. The normalized spacial score (nSPS) is 10.9. The molecule has 1 amide bonds. The van der Waals surface area contributed by atoms with Gasteiger partial charge in [0, 0.05) is 24.7 Å². The van der Waals surface area contributed by atoms with Crippen molar-refractivity contribution in [2.75, 3.05) is 13.1 Å². The van der Waals surface area contributed by atoms with Crippen LogP contribution in [0.15, 0.2) is 59.5 Å². The number of fused-ring (bicyclic) bond motifs is 1. The minimum Gasteiger partial charge on any atom is -0.338 e. The first kappa shape index (κ1) is 18.8. The Labute approximate surface area is 159 Å². The van der Waals surface area contributed by atoms with Gasteiger partial charge in [-0.25, -0.2) is 4.98 Å². The lowest BCUT2D eigenvalue weighted by molar-refractivity contribution is 0.0753. The molecule has 1 aromatic carbocycles. The molecule has 140 valence electrons. The Kier molecular flexibility index (Phi) is 6.01. The van der Waals surface area contributed by atoms with E-state index in [9.17, 15) is 9.59 Å². The maximum Gasteiger partial charge on any atom is 0.265 e. The van der Waals surface area contributed by atoms with Gasteiger partial charge in [0.05, 0.1) is 6.54 Å². The maximum absolute atomic E-state index is 13.2. The first-order chi connectivity index (χ1) is 13.2. The van der Waals surface area contributed by atoms with Crippen LogP contribution in [0.1, 0.15) is 42.6 Å². The van der Waals surface area contributed by atoms with Gasteiger partial charge in [0.25, 0.3) is 11.5 Å². The fourth-order valence-electron chi connectivity index (χ4n) is 3.30. The molecule has 5 heteroatoms. The van der Waals surface area contributed by atoms with E-state index in [-0.39, 0.29) is 17.0 Å². The van der Waals surface area contributed by atoms with Gasteiger partial charge < -0.3 is 4.90 Å². The van der Waals surface area contributed by atoms with Crippen molar-refractivity contribution in [1.29, 1.82) is 0 Å². The molecule has 0 N–H and O–H groups in total. The lowest BCUT2D eigenvalue weighted by atomic mass is 10.1. The van der Waals surface area contributed by atoms with Crippen LogP contribution < -0.4 is 5.56 Å². The van der Waals surface area contributed by atoms with Gasteiger partial charge in [-0.15, -0.1) is 0 Å². The Morgan fingerprint density at radius 3 is 2.41 bits per heavy atom. The largest absolute Gasteiger partial charge is 0.338 e. The number of aromatic nitrogens is 2. The molecule has 2 heterocycles. The molecule has 3 rings (SSSR count). The Balaban J connectivity index is 2.13. The zero-order valence-corrected chi connectivity index (χ0v) is 15.9. The lowest BCUT2D eigenvalue weighted by Gasteiger charge is -2.22. The molecule has 0 aliphatic carbocycles. The zero-order chi connectivity index (χ0) is 19.2. The first-order valence-corrected chi connectivity index (χ1v) is 9.47. The molecular weight excluding hydrogens is 338 g/mol. The predicted octanol–water partition coefficient (Wildman–Crippen LogP) is 3.71. The molecule has 0 aliphatic rings. The van der Waals surface area contributed by atoms with Crippen molar-refractivity contribution < 1.29 is 4.79 Å². The number of rotatable bonds is 7. The van der Waals surface area contributed by atoms with Crippen molar-refractivity contribution in [2.24, 2.45) is 0 Å². The highest BCUT2D eigenvalue weighted by molar-refractivity contribution is 5.97. The molecule has 0 aliphatic heterocycles. The van der Waals surface area contributed by atoms with Crippen molar-refractivity contribution in [3.05, 3.63) is 76.2 Å². The summed E-state index contributed by atoms with van der Waals surface area (Å²) in [6.45, 7) is 5.75. The zero-order valence-electron chi connectivity index (χ0n) is 15.9. The predicted molar refractivity (Wildman–Crippen MR) is 108 cm³/mol. The van der Waals surface area contributed by atoms with Gasteiger partial charge >= 0.3 is 0 Å². The highest BCUT2D eigenvalue weighted by Gasteiger charge is 2.21. The van der Waals surface area contributed by atoms with E-state index in [2.05, 4.69) is 4.98 Å². The minimum atomic E-state index is -0.285. The molecule has 3 aromatic rings. The first-order valence-electron chi connectivity index (χ1n) is 9.47. The van der Waals surface area contributed by atoms with Gasteiger partial charge in [-0.3, -0.25) is 14.2 Å². The van der Waals surface area contributed by atoms with E-state index >= 15 is 0 Å². The van der Waals surface area contributed by atoms with Crippen molar-refractivity contribution in [1.82, 2.24) is 14.5 Å². The summed E-state index contributed by atoms with van der Waals surface area (Å²) in [7, 11) is 0. The smallest absolute Gasteiger partial charge is 0.265 e. The second-order valence-electron chi connectivity index (χ2n) is 6.64. The third kappa shape index (κ3) is 4.08. The number of hydrogen-bond donors (Lipinski definition) is 0. The van der Waals surface area contributed by atoms with Crippen LogP contribution in [-0.2, 0) is 6.54 Å². The van der Waals surface area contributed by atoms with E-state index < -0.39 is 0 Å². The number of carbonyl (C=O) groups is 1. The van der Waals surface area contributed by atoms with Gasteiger partial charge in [-0.2, -0.15) is 0 Å². The Hall–Kier alpha value is -2.95. The van der Waals surface area contributed by atoms with Crippen LogP contribution in [0.2, 0.25) is 0 Å². The summed E-state index contributed by atoms with van der Waals surface area (Å²) in [6.07, 6.45) is 3.39. The molecule has 0 saturated carbocycles. The Morgan fingerprint density at radius 1 is 1.04 bits per heavy atom. The summed E-state index contributed by atoms with van der Waals surface area (Å²) in [5.41, 5.74) is 1.52. The lowest BCUT2D eigenvalue weighted by Crippen LogP contribution is -2.38. The van der Waals surface area contributed by atoms with E-state index in [1.165, 1.54) is 0 Å². The van der Waals surface area contributed by atoms with E-state index in [1.54, 1.807) is 21.7 Å². The molecule has 0 radical (unpaired) electrons. The average molecular weight is 363 g/mol. The van der Waals surface area contributed by atoms with Crippen molar-refractivity contribution in [3.63, 3.8) is 0 Å². The summed E-state index contributed by atoms with van der Waals surface area (Å²) in [6, 6.07) is 15.2. The fraction of sp³-hybridized carbons (Fsp3) is 0.318. The van der Waals surface area contributed by atoms with Gasteiger partial charge in [-0.1, -0.05) is 44.2 Å². The Morgan fingerprint density at radius 2 is 1.74 bits per heavy atom. The van der Waals surface area contributed by atoms with Crippen molar-refractivity contribution >= 4 is 16.9 Å². The fourth-order valence-corrected chi connectivity index (χ4v) is 3.30. The van der Waals surface area contributed by atoms with Crippen LogP contribution in [0.4, 0.5) is 0 Å². The standard InChI is InChI=1S/C22H25N3O2/c1-3-13-24(14-4-2)21(26)19-15-18-11-8-12-23-20(18)25(22(19)27)16-17-9-6-5-7-10-17/h5-12,15H,3-4,13-14,16H2,1-2H3. The van der Waals surface area contributed by atoms with E-state index in [0.29, 0.717) is 25.3 Å². The molecule has 0 bridgehead atoms. The molecule has 0 fully saturated rings.